The normalized spacial score (nSPS) is 16.5. The molecule has 1 aromatic carbocycles. The third kappa shape index (κ3) is 7.55. The molecule has 0 radical (unpaired) electrons. The van der Waals surface area contributed by atoms with Crippen molar-refractivity contribution < 1.29 is 14.4 Å². The van der Waals surface area contributed by atoms with E-state index < -0.39 is 17.3 Å². The lowest BCUT2D eigenvalue weighted by molar-refractivity contribution is -0.137. The Kier molecular flexibility index (Phi) is 9.70. The zero-order valence-electron chi connectivity index (χ0n) is 22.3. The molecule has 2 fully saturated rings. The van der Waals surface area contributed by atoms with Gasteiger partial charge in [-0.25, -0.2) is 9.59 Å². The van der Waals surface area contributed by atoms with Crippen LogP contribution in [0.3, 0.4) is 0 Å². The van der Waals surface area contributed by atoms with Gasteiger partial charge in [0.15, 0.2) is 0 Å². The molecule has 0 aliphatic carbocycles. The smallest absolute Gasteiger partial charge is 0.342 e. The highest BCUT2D eigenvalue weighted by atomic mass is 35.5. The van der Waals surface area contributed by atoms with Gasteiger partial charge in [-0.2, -0.15) is 4.98 Å². The summed E-state index contributed by atoms with van der Waals surface area (Å²) in [5, 5.41) is 2.65. The van der Waals surface area contributed by atoms with Gasteiger partial charge in [-0.1, -0.05) is 12.1 Å². The quantitative estimate of drug-likeness (QED) is 0.481. The van der Waals surface area contributed by atoms with Crippen LogP contribution in [0.2, 0.25) is 0 Å². The maximum absolute atomic E-state index is 12.7. The minimum atomic E-state index is -0.960. The molecule has 0 bridgehead atoms. The largest absolute Gasteiger partial charge is 0.354 e. The van der Waals surface area contributed by atoms with Gasteiger partial charge in [0.2, 0.25) is 11.8 Å². The summed E-state index contributed by atoms with van der Waals surface area (Å²) in [6.07, 6.45) is 3.48. The van der Waals surface area contributed by atoms with Gasteiger partial charge in [0, 0.05) is 51.5 Å². The number of nitrogens with two attached hydrogens (primary N) is 2. The van der Waals surface area contributed by atoms with E-state index >= 15 is 0 Å². The number of piperazine rings is 1. The summed E-state index contributed by atoms with van der Waals surface area (Å²) >= 11 is 0. The Morgan fingerprint density at radius 3 is 2.10 bits per heavy atom. The second kappa shape index (κ2) is 12.6. The first kappa shape index (κ1) is 30.1. The van der Waals surface area contributed by atoms with Gasteiger partial charge < -0.3 is 26.2 Å². The van der Waals surface area contributed by atoms with Crippen molar-refractivity contribution in [3.8, 4) is 5.69 Å². The Morgan fingerprint density at radius 1 is 0.949 bits per heavy atom. The molecule has 2 aliphatic heterocycles. The summed E-state index contributed by atoms with van der Waals surface area (Å²) in [5.74, 6) is 0.0517. The number of benzene rings is 1. The molecule has 0 spiro atoms. The zero-order chi connectivity index (χ0) is 27.4. The van der Waals surface area contributed by atoms with Gasteiger partial charge >= 0.3 is 11.7 Å². The second-order valence-electron chi connectivity index (χ2n) is 10.5. The maximum Gasteiger partial charge on any atom is 0.354 e. The van der Waals surface area contributed by atoms with Crippen LogP contribution in [0.25, 0.3) is 5.69 Å². The molecule has 5 N–H and O–H groups in total. The predicted molar refractivity (Wildman–Crippen MR) is 150 cm³/mol. The van der Waals surface area contributed by atoms with Crippen molar-refractivity contribution in [2.24, 2.45) is 11.5 Å². The predicted octanol–water partition coefficient (Wildman–Crippen LogP) is 0.560. The zero-order valence-corrected chi connectivity index (χ0v) is 23.2. The van der Waals surface area contributed by atoms with Crippen LogP contribution in [0.5, 0.6) is 0 Å². The molecule has 212 valence electrons. The SMILES string of the molecule is CC(C)(N)C(=O)N1CCN(C(=O)Nc2ccn(-c3ccc(CC(=O)N4CCC(N)CC4)cc3)c(=O)n2)CC1.Cl. The molecular weight excluding hydrogens is 524 g/mol. The molecule has 39 heavy (non-hydrogen) atoms. The van der Waals surface area contributed by atoms with Crippen LogP contribution in [0.1, 0.15) is 32.3 Å². The standard InChI is InChI=1S/C26H36N8O4.ClH/c1-26(2,28)23(36)32-13-15-33(16-14-32)24(37)29-21-9-12-34(25(38)30-21)20-5-3-18(4-6-20)17-22(35)31-10-7-19(27)8-11-31;/h3-6,9,12,19H,7-8,10-11,13-17,27-28H2,1-2H3,(H,29,30,37,38);1H. The van der Waals surface area contributed by atoms with E-state index in [1.165, 1.54) is 4.57 Å². The maximum atomic E-state index is 12.7. The van der Waals surface area contributed by atoms with Crippen molar-refractivity contribution in [1.29, 1.82) is 0 Å². The average Bonchev–Trinajstić information content (AvgIpc) is 2.89. The lowest BCUT2D eigenvalue weighted by Gasteiger charge is -2.37. The number of amides is 4. The van der Waals surface area contributed by atoms with Crippen LogP contribution in [-0.4, -0.2) is 92.9 Å². The Bertz CT molecular complexity index is 1230. The van der Waals surface area contributed by atoms with Crippen molar-refractivity contribution in [2.45, 2.75) is 44.7 Å². The number of urea groups is 1. The topological polar surface area (TPSA) is 160 Å². The monoisotopic (exact) mass is 560 g/mol. The van der Waals surface area contributed by atoms with Crippen LogP contribution < -0.4 is 22.5 Å². The number of piperidine rings is 1. The van der Waals surface area contributed by atoms with E-state index in [1.54, 1.807) is 48.0 Å². The molecule has 4 amide bonds. The highest BCUT2D eigenvalue weighted by molar-refractivity contribution is 5.89. The Labute approximate surface area is 233 Å². The molecule has 0 saturated carbocycles. The van der Waals surface area contributed by atoms with Crippen molar-refractivity contribution in [1.82, 2.24) is 24.3 Å². The summed E-state index contributed by atoms with van der Waals surface area (Å²) in [6, 6.07) is 8.50. The molecule has 2 saturated heterocycles. The van der Waals surface area contributed by atoms with Crippen LogP contribution in [0.15, 0.2) is 41.3 Å². The molecule has 13 heteroatoms. The Morgan fingerprint density at radius 2 is 1.54 bits per heavy atom. The molecule has 1 aromatic heterocycles. The van der Waals surface area contributed by atoms with Gasteiger partial charge in [0.1, 0.15) is 5.82 Å². The number of hydrogen-bond donors (Lipinski definition) is 3. The number of likely N-dealkylation sites (tertiary alicyclic amines) is 1. The van der Waals surface area contributed by atoms with Gasteiger partial charge in [-0.05, 0) is 50.5 Å². The van der Waals surface area contributed by atoms with Crippen LogP contribution >= 0.6 is 12.4 Å². The van der Waals surface area contributed by atoms with Crippen LogP contribution in [-0.2, 0) is 16.0 Å². The first-order valence-electron chi connectivity index (χ1n) is 12.9. The minimum Gasteiger partial charge on any atom is -0.342 e. The van der Waals surface area contributed by atoms with E-state index in [1.807, 2.05) is 17.0 Å². The molecule has 12 nitrogen and oxygen atoms in total. The third-order valence-corrected chi connectivity index (χ3v) is 6.91. The molecule has 0 atom stereocenters. The summed E-state index contributed by atoms with van der Waals surface area (Å²) in [4.78, 5) is 59.3. The fourth-order valence-electron chi connectivity index (χ4n) is 4.59. The number of rotatable bonds is 5. The highest BCUT2D eigenvalue weighted by Gasteiger charge is 2.31. The lowest BCUT2D eigenvalue weighted by atomic mass is 10.0. The Hall–Kier alpha value is -3.48. The number of anilines is 1. The van der Waals surface area contributed by atoms with E-state index in [0.29, 0.717) is 51.4 Å². The van der Waals surface area contributed by atoms with Crippen LogP contribution in [0.4, 0.5) is 10.6 Å². The molecule has 3 heterocycles. The number of nitrogens with zero attached hydrogens (tertiary/aromatic N) is 5. The summed E-state index contributed by atoms with van der Waals surface area (Å²) < 4.78 is 1.37. The van der Waals surface area contributed by atoms with E-state index in [-0.39, 0.29) is 36.1 Å². The van der Waals surface area contributed by atoms with Crippen molar-refractivity contribution in [2.75, 3.05) is 44.6 Å². The number of aromatic nitrogens is 2. The number of hydrogen-bond acceptors (Lipinski definition) is 7. The molecule has 2 aliphatic rings. The summed E-state index contributed by atoms with van der Waals surface area (Å²) in [7, 11) is 0. The lowest BCUT2D eigenvalue weighted by Crippen LogP contribution is -2.58. The van der Waals surface area contributed by atoms with Gasteiger partial charge in [0.25, 0.3) is 0 Å². The fourth-order valence-corrected chi connectivity index (χ4v) is 4.59. The van der Waals surface area contributed by atoms with Crippen LogP contribution in [0, 0.1) is 0 Å². The summed E-state index contributed by atoms with van der Waals surface area (Å²) in [6.45, 7) is 6.16. The van der Waals surface area contributed by atoms with Crippen molar-refractivity contribution >= 4 is 36.1 Å². The van der Waals surface area contributed by atoms with Crippen molar-refractivity contribution in [3.63, 3.8) is 0 Å². The molecule has 4 rings (SSSR count). The summed E-state index contributed by atoms with van der Waals surface area (Å²) in [5.41, 5.74) is 11.8. The van der Waals surface area contributed by atoms with E-state index in [0.717, 1.165) is 18.4 Å². The first-order valence-corrected chi connectivity index (χ1v) is 12.9. The molecule has 2 aromatic rings. The van der Waals surface area contributed by atoms with Crippen molar-refractivity contribution in [3.05, 3.63) is 52.6 Å². The molecular formula is C26H37ClN8O4. The third-order valence-electron chi connectivity index (χ3n) is 6.91. The fraction of sp³-hybridized carbons (Fsp3) is 0.500. The van der Waals surface area contributed by atoms with E-state index in [2.05, 4.69) is 10.3 Å². The van der Waals surface area contributed by atoms with Gasteiger partial charge in [-0.15, -0.1) is 12.4 Å². The minimum absolute atomic E-state index is 0. The average molecular weight is 561 g/mol. The van der Waals surface area contributed by atoms with Gasteiger partial charge in [0.05, 0.1) is 17.6 Å². The molecule has 0 unspecified atom stereocenters. The number of halogens is 1. The van der Waals surface area contributed by atoms with E-state index in [9.17, 15) is 19.2 Å². The highest BCUT2D eigenvalue weighted by Crippen LogP contribution is 2.14. The Balaban J connectivity index is 0.00000420. The first-order chi connectivity index (χ1) is 18.0. The van der Waals surface area contributed by atoms with E-state index in [4.69, 9.17) is 11.5 Å². The number of carbonyl (C=O) groups excluding carboxylic acids is 3. The number of nitrogens with one attached hydrogen (secondary N) is 1. The second-order valence-corrected chi connectivity index (χ2v) is 10.5. The number of carbonyl (C=O) groups is 3. The van der Waals surface area contributed by atoms with Gasteiger partial charge in [-0.3, -0.25) is 19.5 Å².